The molecule has 7 nitrogen and oxygen atoms in total. The Hall–Kier alpha value is -3.96. The fourth-order valence-corrected chi connectivity index (χ4v) is 7.03. The predicted octanol–water partition coefficient (Wildman–Crippen LogP) is 5.69. The number of likely N-dealkylation sites (N-methyl/N-ethyl adjacent to an activating group) is 1. The molecule has 0 radical (unpaired) electrons. The molecule has 2 aliphatic heterocycles. The lowest BCUT2D eigenvalue weighted by atomic mass is 9.91. The largest absolute Gasteiger partial charge is 0.476 e. The summed E-state index contributed by atoms with van der Waals surface area (Å²) in [6.07, 6.45) is 5.63. The molecular formula is C34H38FN5O2. The van der Waals surface area contributed by atoms with Crippen molar-refractivity contribution in [2.75, 3.05) is 51.3 Å². The van der Waals surface area contributed by atoms with E-state index >= 15 is 4.39 Å². The summed E-state index contributed by atoms with van der Waals surface area (Å²) >= 11 is 0. The molecule has 218 valence electrons. The van der Waals surface area contributed by atoms with Crippen molar-refractivity contribution in [3.63, 3.8) is 0 Å². The number of likely N-dealkylation sites (tertiary alicyclic amines) is 1. The van der Waals surface area contributed by atoms with Crippen LogP contribution in [0.3, 0.4) is 0 Å². The molecule has 8 heteroatoms. The summed E-state index contributed by atoms with van der Waals surface area (Å²) in [7, 11) is 2.12. The molecule has 6 rings (SSSR count). The maximum absolute atomic E-state index is 16.1. The highest BCUT2D eigenvalue weighted by atomic mass is 19.1. The number of carbonyl (C=O) groups is 1. The summed E-state index contributed by atoms with van der Waals surface area (Å²) in [5.74, 6) is 0.431. The Bertz CT molecular complexity index is 1570. The molecule has 0 spiro atoms. The lowest BCUT2D eigenvalue weighted by Gasteiger charge is -2.40. The minimum Gasteiger partial charge on any atom is -0.476 e. The second kappa shape index (κ2) is 11.7. The summed E-state index contributed by atoms with van der Waals surface area (Å²) in [5, 5.41) is 0.701. The van der Waals surface area contributed by atoms with E-state index in [0.717, 1.165) is 43.5 Å². The van der Waals surface area contributed by atoms with Gasteiger partial charge in [0.25, 0.3) is 0 Å². The van der Waals surface area contributed by atoms with Crippen LogP contribution in [0.2, 0.25) is 0 Å². The second-order valence-corrected chi connectivity index (χ2v) is 11.9. The first-order valence-electron chi connectivity index (χ1n) is 15.0. The standard InChI is InChI=1S/C34H38FN5O2/c1-5-33(41)40-15-14-39(20-25(40)19-36-3)31-18-32(42-21-24-9-7-13-38(24)4)37-30-17-27(29(35)16-28(30)31)26-10-6-8-23-12-11-22(2)34(23)26/h5-6,8,10,16-18,22,24-25H,1,7,9,11-15,19-21H2,2,4H3/t22?,24-,25-/m0/s1. The van der Waals surface area contributed by atoms with Gasteiger partial charge in [-0.15, -0.1) is 0 Å². The SMILES string of the molecule is [C-]#[N+]C[C@H]1CN(c2cc(OC[C@@H]3CCCN3C)nc3cc(-c4cccc5c4C(C)CC5)c(F)cc23)CCN1C(=O)C=C. The fourth-order valence-electron chi connectivity index (χ4n) is 7.03. The monoisotopic (exact) mass is 567 g/mol. The Morgan fingerprint density at radius 1 is 1.19 bits per heavy atom. The lowest BCUT2D eigenvalue weighted by molar-refractivity contribution is -0.128. The van der Waals surface area contributed by atoms with Crippen LogP contribution < -0.4 is 9.64 Å². The average Bonchev–Trinajstić information content (AvgIpc) is 3.59. The number of halogens is 1. The molecule has 0 N–H and O–H groups in total. The Morgan fingerprint density at radius 3 is 2.81 bits per heavy atom. The molecule has 3 atom stereocenters. The van der Waals surface area contributed by atoms with Crippen molar-refractivity contribution < 1.29 is 13.9 Å². The van der Waals surface area contributed by atoms with Gasteiger partial charge < -0.3 is 24.3 Å². The van der Waals surface area contributed by atoms with E-state index in [-0.39, 0.29) is 24.3 Å². The first kappa shape index (κ1) is 28.2. The number of hydrogen-bond acceptors (Lipinski definition) is 5. The van der Waals surface area contributed by atoms with Crippen LogP contribution in [0.4, 0.5) is 10.1 Å². The molecule has 2 aromatic carbocycles. The van der Waals surface area contributed by atoms with Gasteiger partial charge in [0.05, 0.1) is 11.2 Å². The number of nitrogens with zero attached hydrogens (tertiary/aromatic N) is 5. The van der Waals surface area contributed by atoms with E-state index in [1.165, 1.54) is 17.2 Å². The van der Waals surface area contributed by atoms with Crippen LogP contribution in [0, 0.1) is 12.4 Å². The van der Waals surface area contributed by atoms with Gasteiger partial charge in [0, 0.05) is 42.7 Å². The molecule has 3 heterocycles. The third-order valence-electron chi connectivity index (χ3n) is 9.36. The third-order valence-corrected chi connectivity index (χ3v) is 9.36. The summed E-state index contributed by atoms with van der Waals surface area (Å²) in [6.45, 7) is 16.6. The zero-order valence-corrected chi connectivity index (χ0v) is 24.5. The fraction of sp³-hybridized carbons (Fsp3) is 0.441. The van der Waals surface area contributed by atoms with Crippen LogP contribution in [-0.4, -0.2) is 79.2 Å². The zero-order valence-electron chi connectivity index (χ0n) is 24.5. The minimum absolute atomic E-state index is 0.173. The average molecular weight is 568 g/mol. The summed E-state index contributed by atoms with van der Waals surface area (Å²) in [5.41, 5.74) is 5.52. The summed E-state index contributed by atoms with van der Waals surface area (Å²) < 4.78 is 22.4. The van der Waals surface area contributed by atoms with Crippen molar-refractivity contribution in [3.8, 4) is 17.0 Å². The normalized spacial score (nSPS) is 22.3. The van der Waals surface area contributed by atoms with Crippen molar-refractivity contribution >= 4 is 22.5 Å². The summed E-state index contributed by atoms with van der Waals surface area (Å²) in [6, 6.07) is 11.6. The predicted molar refractivity (Wildman–Crippen MR) is 164 cm³/mol. The number of anilines is 1. The highest BCUT2D eigenvalue weighted by Crippen LogP contribution is 2.42. The molecule has 2 saturated heterocycles. The molecule has 1 aromatic heterocycles. The van der Waals surface area contributed by atoms with Crippen molar-refractivity contribution in [3.05, 3.63) is 77.4 Å². The zero-order chi connectivity index (χ0) is 29.4. The Kier molecular flexibility index (Phi) is 7.87. The summed E-state index contributed by atoms with van der Waals surface area (Å²) in [4.78, 5) is 27.2. The maximum atomic E-state index is 16.1. The molecule has 42 heavy (non-hydrogen) atoms. The van der Waals surface area contributed by atoms with Gasteiger partial charge in [0.1, 0.15) is 18.5 Å². The molecule has 0 bridgehead atoms. The topological polar surface area (TPSA) is 53.3 Å². The van der Waals surface area contributed by atoms with Crippen LogP contribution in [0.1, 0.15) is 43.2 Å². The number of amides is 1. The number of rotatable bonds is 7. The van der Waals surface area contributed by atoms with Gasteiger partial charge >= 0.3 is 0 Å². The van der Waals surface area contributed by atoms with Gasteiger partial charge in [-0.2, -0.15) is 0 Å². The van der Waals surface area contributed by atoms with E-state index in [9.17, 15) is 4.79 Å². The van der Waals surface area contributed by atoms with Crippen molar-refractivity contribution in [2.45, 2.75) is 50.6 Å². The molecule has 0 saturated carbocycles. The van der Waals surface area contributed by atoms with E-state index in [1.54, 1.807) is 11.0 Å². The highest BCUT2D eigenvalue weighted by Gasteiger charge is 2.33. The number of ether oxygens (including phenoxy) is 1. The van der Waals surface area contributed by atoms with Crippen molar-refractivity contribution in [2.24, 2.45) is 0 Å². The minimum atomic E-state index is -0.293. The molecule has 1 amide bonds. The molecule has 1 unspecified atom stereocenters. The van der Waals surface area contributed by atoms with E-state index in [4.69, 9.17) is 16.3 Å². The number of pyridine rings is 1. The smallest absolute Gasteiger partial charge is 0.246 e. The van der Waals surface area contributed by atoms with Gasteiger partial charge in [-0.25, -0.2) is 15.9 Å². The van der Waals surface area contributed by atoms with Crippen molar-refractivity contribution in [1.82, 2.24) is 14.8 Å². The number of hydrogen-bond donors (Lipinski definition) is 0. The van der Waals surface area contributed by atoms with Gasteiger partial charge in [-0.3, -0.25) is 4.79 Å². The Labute approximate surface area is 247 Å². The van der Waals surface area contributed by atoms with Crippen LogP contribution in [0.5, 0.6) is 5.88 Å². The Morgan fingerprint density at radius 2 is 2.05 bits per heavy atom. The maximum Gasteiger partial charge on any atom is 0.246 e. The van der Waals surface area contributed by atoms with Crippen LogP contribution >= 0.6 is 0 Å². The van der Waals surface area contributed by atoms with Gasteiger partial charge in [-0.1, -0.05) is 31.7 Å². The molecule has 1 aliphatic carbocycles. The number of piperazine rings is 1. The van der Waals surface area contributed by atoms with E-state index in [0.29, 0.717) is 60.5 Å². The van der Waals surface area contributed by atoms with E-state index in [1.807, 2.05) is 24.3 Å². The molecule has 2 fully saturated rings. The number of aromatic nitrogens is 1. The highest BCUT2D eigenvalue weighted by molar-refractivity contribution is 5.96. The van der Waals surface area contributed by atoms with Crippen LogP contribution in [-0.2, 0) is 11.2 Å². The van der Waals surface area contributed by atoms with Gasteiger partial charge in [-0.05, 0) is 80.1 Å². The third kappa shape index (κ3) is 5.22. The van der Waals surface area contributed by atoms with Crippen LogP contribution in [0.25, 0.3) is 26.9 Å². The lowest BCUT2D eigenvalue weighted by Crippen LogP contribution is -2.56. The molecular weight excluding hydrogens is 529 g/mol. The molecule has 3 aliphatic rings. The number of carbonyl (C=O) groups excluding carboxylic acids is 1. The Balaban J connectivity index is 1.43. The quantitative estimate of drug-likeness (QED) is 0.271. The first-order valence-corrected chi connectivity index (χ1v) is 15.0. The number of benzene rings is 2. The number of aryl methyl sites for hydroxylation is 1. The van der Waals surface area contributed by atoms with E-state index in [2.05, 4.69) is 41.3 Å². The van der Waals surface area contributed by atoms with Crippen LogP contribution in [0.15, 0.2) is 49.1 Å². The number of fused-ring (bicyclic) bond motifs is 2. The molecule has 3 aromatic rings. The van der Waals surface area contributed by atoms with Crippen molar-refractivity contribution in [1.29, 1.82) is 0 Å². The van der Waals surface area contributed by atoms with Gasteiger partial charge in [0.15, 0.2) is 0 Å². The van der Waals surface area contributed by atoms with Gasteiger partial charge in [0.2, 0.25) is 18.3 Å². The second-order valence-electron chi connectivity index (χ2n) is 11.9. The first-order chi connectivity index (χ1) is 20.4. The van der Waals surface area contributed by atoms with E-state index < -0.39 is 0 Å².